The van der Waals surface area contributed by atoms with E-state index in [0.29, 0.717) is 11.6 Å². The molecule has 1 aliphatic rings. The van der Waals surface area contributed by atoms with Crippen LogP contribution in [0.4, 0.5) is 5.69 Å². The molecule has 1 aliphatic heterocycles. The van der Waals surface area contributed by atoms with Crippen LogP contribution in [-0.2, 0) is 25.6 Å². The van der Waals surface area contributed by atoms with Gasteiger partial charge >= 0.3 is 5.97 Å². The van der Waals surface area contributed by atoms with E-state index in [1.807, 2.05) is 25.1 Å². The molecule has 3 atom stereocenters. The third kappa shape index (κ3) is 11.5. The first-order valence-corrected chi connectivity index (χ1v) is 14.8. The Morgan fingerprint density at radius 2 is 1.93 bits per heavy atom. The Kier molecular flexibility index (Phi) is 13.3. The third-order valence-electron chi connectivity index (χ3n) is 7.04. The maximum absolute atomic E-state index is 12.9. The van der Waals surface area contributed by atoms with Crippen LogP contribution in [0.15, 0.2) is 48.7 Å². The number of carboxylic acid groups (broad SMARTS) is 1. The molecule has 1 aromatic carbocycles. The van der Waals surface area contributed by atoms with Crippen LogP contribution in [0.5, 0.6) is 0 Å². The summed E-state index contributed by atoms with van der Waals surface area (Å²) in [5.74, 6) is -1.85. The molecular formula is C30H44N4O5S. The first-order valence-electron chi connectivity index (χ1n) is 13.8. The van der Waals surface area contributed by atoms with Gasteiger partial charge in [-0.2, -0.15) is 0 Å². The molecule has 0 bridgehead atoms. The van der Waals surface area contributed by atoms with Crippen LogP contribution in [-0.4, -0.2) is 70.4 Å². The smallest absolute Gasteiger partial charge is 0.303 e. The second-order valence-electron chi connectivity index (χ2n) is 10.6. The molecule has 40 heavy (non-hydrogen) atoms. The number of amides is 3. The largest absolute Gasteiger partial charge is 0.481 e. The SMILES string of the molecule is C=CC(C)(CCCC)SCC(=O)NCC(=O)N[C@@H](CCC(=O)O)C(=O)Nc1ccc(CC2C=C(C)N(C)C2)cc1. The molecular weight excluding hydrogens is 528 g/mol. The van der Waals surface area contributed by atoms with E-state index in [-0.39, 0.29) is 35.8 Å². The summed E-state index contributed by atoms with van der Waals surface area (Å²) in [6.45, 7) is 10.8. The van der Waals surface area contributed by atoms with Gasteiger partial charge in [-0.15, -0.1) is 18.3 Å². The van der Waals surface area contributed by atoms with Crippen molar-refractivity contribution in [1.29, 1.82) is 0 Å². The number of carbonyl (C=O) groups excluding carboxylic acids is 3. The topological polar surface area (TPSA) is 128 Å². The number of thioether (sulfide) groups is 1. The van der Waals surface area contributed by atoms with Crippen molar-refractivity contribution >= 4 is 41.1 Å². The Hall–Kier alpha value is -3.27. The van der Waals surface area contributed by atoms with Crippen molar-refractivity contribution in [3.8, 4) is 0 Å². The van der Waals surface area contributed by atoms with Crippen molar-refractivity contribution in [2.24, 2.45) is 5.92 Å². The lowest BCUT2D eigenvalue weighted by atomic mass is 10.00. The quantitative estimate of drug-likeness (QED) is 0.208. The van der Waals surface area contributed by atoms with Crippen molar-refractivity contribution in [1.82, 2.24) is 15.5 Å². The average molecular weight is 573 g/mol. The van der Waals surface area contributed by atoms with E-state index >= 15 is 0 Å². The summed E-state index contributed by atoms with van der Waals surface area (Å²) in [7, 11) is 2.07. The summed E-state index contributed by atoms with van der Waals surface area (Å²) in [5.41, 5.74) is 2.96. The number of rotatable bonds is 17. The van der Waals surface area contributed by atoms with Gasteiger partial charge in [-0.05, 0) is 50.8 Å². The maximum atomic E-state index is 12.9. The third-order valence-corrected chi connectivity index (χ3v) is 8.48. The van der Waals surface area contributed by atoms with Crippen LogP contribution >= 0.6 is 11.8 Å². The molecule has 4 N–H and O–H groups in total. The van der Waals surface area contributed by atoms with Gasteiger partial charge in [-0.1, -0.05) is 44.1 Å². The predicted molar refractivity (Wildman–Crippen MR) is 161 cm³/mol. The second kappa shape index (κ2) is 16.1. The molecule has 0 spiro atoms. The monoisotopic (exact) mass is 572 g/mol. The van der Waals surface area contributed by atoms with Gasteiger partial charge in [0, 0.05) is 42.1 Å². The fourth-order valence-corrected chi connectivity index (χ4v) is 5.37. The summed E-state index contributed by atoms with van der Waals surface area (Å²) in [6.07, 6.45) is 7.61. The van der Waals surface area contributed by atoms with Gasteiger partial charge < -0.3 is 26.0 Å². The van der Waals surface area contributed by atoms with Gasteiger partial charge in [0.15, 0.2) is 0 Å². The lowest BCUT2D eigenvalue weighted by molar-refractivity contribution is -0.137. The van der Waals surface area contributed by atoms with Gasteiger partial charge in [0.1, 0.15) is 6.04 Å². The van der Waals surface area contributed by atoms with E-state index in [0.717, 1.165) is 37.8 Å². The molecule has 9 nitrogen and oxygen atoms in total. The molecule has 0 saturated carbocycles. The number of carbonyl (C=O) groups is 4. The van der Waals surface area contributed by atoms with Gasteiger partial charge in [0.25, 0.3) is 0 Å². The standard InChI is InChI=1S/C30H44N4O5S/c1-6-8-15-30(4,7-2)40-20-27(36)31-18-26(35)33-25(13-14-28(37)38)29(39)32-24-11-9-22(10-12-24)17-23-16-21(3)34(5)19-23/h7,9-12,16,23,25H,2,6,8,13-15,17-20H2,1,3-5H3,(H,31,36)(H,32,39)(H,33,35)(H,37,38)/t23?,25-,30?/m0/s1. The summed E-state index contributed by atoms with van der Waals surface area (Å²) in [4.78, 5) is 51.1. The van der Waals surface area contributed by atoms with E-state index in [1.54, 1.807) is 12.1 Å². The van der Waals surface area contributed by atoms with E-state index in [1.165, 1.54) is 17.5 Å². The van der Waals surface area contributed by atoms with Crippen LogP contribution in [0.25, 0.3) is 0 Å². The highest BCUT2D eigenvalue weighted by molar-refractivity contribution is 8.01. The zero-order chi connectivity index (χ0) is 29.7. The van der Waals surface area contributed by atoms with Gasteiger partial charge in [0.05, 0.1) is 12.3 Å². The first kappa shape index (κ1) is 32.9. The normalized spacial score (nSPS) is 16.9. The molecule has 0 saturated heterocycles. The Labute approximate surface area is 242 Å². The summed E-state index contributed by atoms with van der Waals surface area (Å²) >= 11 is 1.47. The number of hydrogen-bond acceptors (Lipinski definition) is 6. The number of unbranched alkanes of at least 4 members (excludes halogenated alkanes) is 1. The first-order chi connectivity index (χ1) is 18.9. The molecule has 2 rings (SSSR count). The number of allylic oxidation sites excluding steroid dienone is 1. The molecule has 1 aromatic rings. The number of nitrogens with zero attached hydrogens (tertiary/aromatic N) is 1. The molecule has 2 unspecified atom stereocenters. The molecule has 0 fully saturated rings. The van der Waals surface area contributed by atoms with E-state index in [4.69, 9.17) is 5.11 Å². The molecule has 0 aliphatic carbocycles. The van der Waals surface area contributed by atoms with Gasteiger partial charge in [-0.25, -0.2) is 0 Å². The van der Waals surface area contributed by atoms with Crippen molar-refractivity contribution < 1.29 is 24.3 Å². The summed E-state index contributed by atoms with van der Waals surface area (Å²) in [6, 6.07) is 6.45. The molecule has 220 valence electrons. The van der Waals surface area contributed by atoms with Crippen molar-refractivity contribution in [2.75, 3.05) is 31.2 Å². The van der Waals surface area contributed by atoms with Crippen LogP contribution in [0.2, 0.25) is 0 Å². The average Bonchev–Trinajstić information content (AvgIpc) is 3.24. The fraction of sp³-hybridized carbons (Fsp3) is 0.533. The van der Waals surface area contributed by atoms with Gasteiger partial charge in [-0.3, -0.25) is 19.2 Å². The number of nitrogens with one attached hydrogen (secondary N) is 3. The van der Waals surface area contributed by atoms with Gasteiger partial charge in [0.2, 0.25) is 17.7 Å². The summed E-state index contributed by atoms with van der Waals surface area (Å²) < 4.78 is -0.225. The Morgan fingerprint density at radius 3 is 2.50 bits per heavy atom. The van der Waals surface area contributed by atoms with Crippen LogP contribution in [0.1, 0.15) is 58.4 Å². The molecule has 10 heteroatoms. The predicted octanol–water partition coefficient (Wildman–Crippen LogP) is 3.97. The highest BCUT2D eigenvalue weighted by atomic mass is 32.2. The number of benzene rings is 1. The minimum absolute atomic E-state index is 0.0786. The van der Waals surface area contributed by atoms with E-state index in [2.05, 4.69) is 54.4 Å². The molecule has 3 amide bonds. The van der Waals surface area contributed by atoms with Crippen LogP contribution in [0, 0.1) is 5.92 Å². The highest BCUT2D eigenvalue weighted by Gasteiger charge is 2.24. The highest BCUT2D eigenvalue weighted by Crippen LogP contribution is 2.31. The number of hydrogen-bond donors (Lipinski definition) is 4. The van der Waals surface area contributed by atoms with E-state index < -0.39 is 23.8 Å². The van der Waals surface area contributed by atoms with Crippen LogP contribution in [0.3, 0.4) is 0 Å². The number of anilines is 1. The minimum Gasteiger partial charge on any atom is -0.481 e. The lowest BCUT2D eigenvalue weighted by Gasteiger charge is -2.24. The van der Waals surface area contributed by atoms with Crippen molar-refractivity contribution in [2.45, 2.75) is 70.1 Å². The Bertz CT molecular complexity index is 1070. The minimum atomic E-state index is -1.07. The fourth-order valence-electron chi connectivity index (χ4n) is 4.40. The van der Waals surface area contributed by atoms with Crippen molar-refractivity contribution in [3.63, 3.8) is 0 Å². The summed E-state index contributed by atoms with van der Waals surface area (Å²) in [5, 5.41) is 17.0. The number of carboxylic acids is 1. The second-order valence-corrected chi connectivity index (χ2v) is 12.1. The molecule has 0 aromatic heterocycles. The van der Waals surface area contributed by atoms with Crippen LogP contribution < -0.4 is 16.0 Å². The number of aliphatic carboxylic acids is 1. The Balaban J connectivity index is 1.88. The van der Waals surface area contributed by atoms with E-state index in [9.17, 15) is 19.2 Å². The molecule has 0 radical (unpaired) electrons. The maximum Gasteiger partial charge on any atom is 0.303 e. The lowest BCUT2D eigenvalue weighted by Crippen LogP contribution is -2.48. The van der Waals surface area contributed by atoms with Crippen molar-refractivity contribution in [3.05, 3.63) is 54.3 Å². The Morgan fingerprint density at radius 1 is 1.23 bits per heavy atom. The zero-order valence-electron chi connectivity index (χ0n) is 24.1. The molecule has 1 heterocycles. The zero-order valence-corrected chi connectivity index (χ0v) is 24.9.